The summed E-state index contributed by atoms with van der Waals surface area (Å²) in [7, 11) is 0. The van der Waals surface area contributed by atoms with Crippen LogP contribution in [-0.2, 0) is 37.1 Å². The third-order valence-electron chi connectivity index (χ3n) is 7.73. The molecule has 0 saturated carbocycles. The number of rotatable bonds is 9. The van der Waals surface area contributed by atoms with Crippen molar-refractivity contribution in [3.8, 4) is 16.3 Å². The van der Waals surface area contributed by atoms with Gasteiger partial charge in [0.1, 0.15) is 5.82 Å². The lowest BCUT2D eigenvalue weighted by molar-refractivity contribution is 0.0525. The number of aryl methyl sites for hydroxylation is 3. The molecule has 0 bridgehead atoms. The van der Waals surface area contributed by atoms with Gasteiger partial charge < -0.3 is 19.7 Å². The first-order valence-corrected chi connectivity index (χ1v) is 15.1. The van der Waals surface area contributed by atoms with Crippen LogP contribution in [0, 0.1) is 17.5 Å². The van der Waals surface area contributed by atoms with Gasteiger partial charge in [-0.1, -0.05) is 18.2 Å². The Kier molecular flexibility index (Phi) is 8.13. The van der Waals surface area contributed by atoms with Gasteiger partial charge in [-0.3, -0.25) is 4.79 Å². The molecule has 5 aromatic rings. The van der Waals surface area contributed by atoms with Crippen LogP contribution in [0.5, 0.6) is 5.88 Å². The normalized spacial score (nSPS) is 12.5. The van der Waals surface area contributed by atoms with Crippen molar-refractivity contribution in [3.63, 3.8) is 0 Å². The molecule has 0 radical (unpaired) electrons. The van der Waals surface area contributed by atoms with E-state index in [2.05, 4.69) is 5.32 Å². The summed E-state index contributed by atoms with van der Waals surface area (Å²) >= 11 is 1.23. The van der Waals surface area contributed by atoms with E-state index in [1.807, 2.05) is 4.57 Å². The molecule has 1 aliphatic rings. The summed E-state index contributed by atoms with van der Waals surface area (Å²) in [4.78, 5) is 32.1. The summed E-state index contributed by atoms with van der Waals surface area (Å²) in [5.41, 5.74) is 4.15. The quantitative estimate of drug-likeness (QED) is 0.179. The first-order valence-electron chi connectivity index (χ1n) is 14.2. The fourth-order valence-electron chi connectivity index (χ4n) is 5.64. The van der Waals surface area contributed by atoms with Crippen LogP contribution in [0.2, 0.25) is 0 Å². The van der Waals surface area contributed by atoms with Crippen LogP contribution in [0.4, 0.5) is 13.2 Å². The number of ether oxygens (including phenoxy) is 1. The van der Waals surface area contributed by atoms with Crippen LogP contribution in [0.25, 0.3) is 21.3 Å². The largest absolute Gasteiger partial charge is 0.494 e. The zero-order valence-electron chi connectivity index (χ0n) is 23.8. The summed E-state index contributed by atoms with van der Waals surface area (Å²) in [5, 5.41) is 16.2. The number of esters is 1. The van der Waals surface area contributed by atoms with E-state index >= 15 is 0 Å². The highest BCUT2D eigenvalue weighted by molar-refractivity contribution is 7.14. The number of hydrogen-bond acceptors (Lipinski definition) is 6. The Bertz CT molecular complexity index is 1900. The minimum Gasteiger partial charge on any atom is -0.494 e. The third kappa shape index (κ3) is 5.55. The molecule has 0 fully saturated rings. The lowest BCUT2D eigenvalue weighted by Crippen LogP contribution is -2.22. The first kappa shape index (κ1) is 29.4. The van der Waals surface area contributed by atoms with Crippen molar-refractivity contribution >= 4 is 34.1 Å². The van der Waals surface area contributed by atoms with Gasteiger partial charge >= 0.3 is 5.97 Å². The second-order valence-electron chi connectivity index (χ2n) is 10.5. The number of fused-ring (bicyclic) bond motifs is 3. The Morgan fingerprint density at radius 1 is 1.05 bits per heavy atom. The number of thiophene rings is 1. The van der Waals surface area contributed by atoms with Crippen molar-refractivity contribution in [1.29, 1.82) is 0 Å². The number of nitrogens with one attached hydrogen (secondary N) is 1. The second-order valence-corrected chi connectivity index (χ2v) is 11.4. The zero-order valence-corrected chi connectivity index (χ0v) is 24.6. The maximum absolute atomic E-state index is 13.6. The Morgan fingerprint density at radius 3 is 2.57 bits per heavy atom. The average Bonchev–Trinajstić information content (AvgIpc) is 3.75. The van der Waals surface area contributed by atoms with Gasteiger partial charge in [0.05, 0.1) is 34.3 Å². The van der Waals surface area contributed by atoms with Crippen molar-refractivity contribution in [2.45, 2.75) is 45.7 Å². The van der Waals surface area contributed by atoms with Gasteiger partial charge in [0, 0.05) is 34.6 Å². The van der Waals surface area contributed by atoms with Crippen LogP contribution in [-0.4, -0.2) is 33.1 Å². The highest BCUT2D eigenvalue weighted by atomic mass is 32.1. The minimum atomic E-state index is -1.00. The molecule has 0 saturated heterocycles. The van der Waals surface area contributed by atoms with E-state index in [0.717, 1.165) is 29.8 Å². The van der Waals surface area contributed by atoms with E-state index in [4.69, 9.17) is 9.72 Å². The molecule has 3 aromatic heterocycles. The fourth-order valence-corrected chi connectivity index (χ4v) is 6.58. The van der Waals surface area contributed by atoms with E-state index in [1.165, 1.54) is 29.5 Å². The summed E-state index contributed by atoms with van der Waals surface area (Å²) in [6.45, 7) is 2.41. The molecule has 4 heterocycles. The number of hydrogen-bond donors (Lipinski definition) is 2. The Labute approximate surface area is 254 Å². The number of carbonyl (C=O) groups is 2. The molecule has 0 aliphatic carbocycles. The number of aromatic hydroxyl groups is 1. The molecule has 0 unspecified atom stereocenters. The van der Waals surface area contributed by atoms with Gasteiger partial charge in [-0.15, -0.1) is 11.3 Å². The molecule has 11 heteroatoms. The number of aromatic nitrogens is 2. The topological polar surface area (TPSA) is 93.4 Å². The van der Waals surface area contributed by atoms with Gasteiger partial charge in [-0.2, -0.15) is 0 Å². The lowest BCUT2D eigenvalue weighted by Gasteiger charge is -2.15. The van der Waals surface area contributed by atoms with Crippen molar-refractivity contribution in [2.24, 2.45) is 0 Å². The second kappa shape index (κ2) is 12.2. The Hall–Kier alpha value is -4.64. The first-order chi connectivity index (χ1) is 21.2. The van der Waals surface area contributed by atoms with E-state index < -0.39 is 23.5 Å². The van der Waals surface area contributed by atoms with Gasteiger partial charge in [0.25, 0.3) is 5.91 Å². The molecular formula is C33H28F3N3O4S. The van der Waals surface area contributed by atoms with Crippen LogP contribution >= 0.6 is 11.3 Å². The third-order valence-corrected chi connectivity index (χ3v) is 8.68. The average molecular weight is 620 g/mol. The van der Waals surface area contributed by atoms with Crippen molar-refractivity contribution < 1.29 is 32.6 Å². The smallest absolute Gasteiger partial charge is 0.340 e. The van der Waals surface area contributed by atoms with E-state index in [-0.39, 0.29) is 30.4 Å². The molecule has 6 rings (SSSR count). The van der Waals surface area contributed by atoms with Gasteiger partial charge in [-0.05, 0) is 74.1 Å². The highest BCUT2D eigenvalue weighted by Gasteiger charge is 2.31. The molecule has 44 heavy (non-hydrogen) atoms. The number of pyridine rings is 1. The monoisotopic (exact) mass is 619 g/mol. The Balaban J connectivity index is 1.42. The molecule has 2 N–H and O–H groups in total. The van der Waals surface area contributed by atoms with Gasteiger partial charge in [-0.25, -0.2) is 22.9 Å². The maximum Gasteiger partial charge on any atom is 0.340 e. The number of benzene rings is 2. The van der Waals surface area contributed by atoms with E-state index in [0.29, 0.717) is 64.0 Å². The van der Waals surface area contributed by atoms with Gasteiger partial charge in [0.2, 0.25) is 5.88 Å². The summed E-state index contributed by atoms with van der Waals surface area (Å²) in [6, 6.07) is 11.2. The number of halogens is 3. The molecule has 2 aromatic carbocycles. The molecule has 0 spiro atoms. The van der Waals surface area contributed by atoms with Crippen LogP contribution in [0.1, 0.15) is 56.6 Å². The molecular weight excluding hydrogens is 591 g/mol. The molecule has 7 nitrogen and oxygen atoms in total. The predicted octanol–water partition coefficient (Wildman–Crippen LogP) is 6.73. The zero-order chi connectivity index (χ0) is 31.0. The predicted molar refractivity (Wildman–Crippen MR) is 160 cm³/mol. The molecule has 1 aliphatic heterocycles. The fraction of sp³-hybridized carbons (Fsp3) is 0.242. The Morgan fingerprint density at radius 2 is 1.82 bits per heavy atom. The summed E-state index contributed by atoms with van der Waals surface area (Å²) < 4.78 is 47.7. The maximum atomic E-state index is 13.6. The van der Waals surface area contributed by atoms with Crippen LogP contribution in [0.15, 0.2) is 53.9 Å². The molecule has 1 amide bonds. The molecule has 0 atom stereocenters. The number of carbonyl (C=O) groups excluding carboxylic acids is 2. The van der Waals surface area contributed by atoms with Crippen LogP contribution < -0.4 is 5.32 Å². The summed E-state index contributed by atoms with van der Waals surface area (Å²) in [6.07, 6.45) is 2.39. The van der Waals surface area contributed by atoms with Crippen molar-refractivity contribution in [2.75, 3.05) is 6.61 Å². The van der Waals surface area contributed by atoms with E-state index in [1.54, 1.807) is 30.5 Å². The van der Waals surface area contributed by atoms with Gasteiger partial charge in [0.15, 0.2) is 11.6 Å². The summed E-state index contributed by atoms with van der Waals surface area (Å²) in [5.74, 6) is -3.36. The number of nitrogens with zero attached hydrogens (tertiary/aromatic N) is 2. The highest BCUT2D eigenvalue weighted by Crippen LogP contribution is 2.45. The number of amides is 1. The van der Waals surface area contributed by atoms with Crippen LogP contribution in [0.3, 0.4) is 0 Å². The lowest BCUT2D eigenvalue weighted by atomic mass is 9.96. The SMILES string of the molecule is CCOC(=O)c1c(CCc2ccc(F)cc2)nc2c3n(c(O)c2c1-c1cc(C(=O)NCc2ccc(F)c(F)c2)cs1)CCC3. The molecule has 226 valence electrons. The van der Waals surface area contributed by atoms with Crippen molar-refractivity contribution in [1.82, 2.24) is 14.9 Å². The minimum absolute atomic E-state index is 0.00312. The standard InChI is InChI=1S/C33H28F3N3O4S/c1-2-43-33(42)27-24(12-8-18-5-9-21(34)10-6-18)38-30-25-4-3-13-39(25)32(41)29(30)28(27)26-15-20(17-44-26)31(40)37-16-19-7-11-22(35)23(36)14-19/h5-7,9-11,14-15,17,41H,2-4,8,12-13,16H2,1H3,(H,37,40). The van der Waals surface area contributed by atoms with Crippen molar-refractivity contribution in [3.05, 3.63) is 105 Å². The van der Waals surface area contributed by atoms with E-state index in [9.17, 15) is 27.9 Å².